The van der Waals surface area contributed by atoms with Crippen molar-refractivity contribution in [3.8, 4) is 6.07 Å². The van der Waals surface area contributed by atoms with Crippen LogP contribution in [0.2, 0.25) is 0 Å². The molecule has 1 amide bonds. The molecular weight excluding hydrogens is 339 g/mol. The smallest absolute Gasteiger partial charge is 0.263 e. The van der Waals surface area contributed by atoms with Gasteiger partial charge in [-0.25, -0.2) is 9.37 Å². The van der Waals surface area contributed by atoms with Gasteiger partial charge in [0, 0.05) is 19.5 Å². The van der Waals surface area contributed by atoms with Crippen molar-refractivity contribution in [2.24, 2.45) is 5.92 Å². The van der Waals surface area contributed by atoms with Gasteiger partial charge in [0.2, 0.25) is 0 Å². The Morgan fingerprint density at radius 2 is 2.16 bits per heavy atom. The monoisotopic (exact) mass is 360 g/mol. The highest BCUT2D eigenvalue weighted by Gasteiger charge is 2.15. The molecule has 0 bridgehead atoms. The molecule has 0 aliphatic heterocycles. The molecule has 25 heavy (non-hydrogen) atoms. The molecule has 2 N–H and O–H groups in total. The molecule has 0 aliphatic rings. The van der Waals surface area contributed by atoms with Gasteiger partial charge in [0.15, 0.2) is 0 Å². The van der Waals surface area contributed by atoms with Crippen molar-refractivity contribution in [3.63, 3.8) is 0 Å². The van der Waals surface area contributed by atoms with Crippen LogP contribution in [0.3, 0.4) is 0 Å². The van der Waals surface area contributed by atoms with E-state index in [1.54, 1.807) is 6.07 Å². The van der Waals surface area contributed by atoms with Gasteiger partial charge in [0.25, 0.3) is 5.91 Å². The third-order valence-corrected chi connectivity index (χ3v) is 4.66. The fraction of sp³-hybridized carbons (Fsp3) is 0.389. The van der Waals surface area contributed by atoms with E-state index in [1.807, 2.05) is 13.0 Å². The van der Waals surface area contributed by atoms with Crippen molar-refractivity contribution in [1.29, 1.82) is 5.26 Å². The maximum atomic E-state index is 13.5. The lowest BCUT2D eigenvalue weighted by molar-refractivity contribution is 0.0958. The van der Waals surface area contributed by atoms with Gasteiger partial charge < -0.3 is 10.6 Å². The fourth-order valence-electron chi connectivity index (χ4n) is 2.34. The SMILES string of the molecule is Cc1nc(CC(C)C)sc1C(=O)NCCNc1cccc(F)c1C#N. The van der Waals surface area contributed by atoms with Crippen molar-refractivity contribution in [1.82, 2.24) is 10.3 Å². The van der Waals surface area contributed by atoms with Gasteiger partial charge in [-0.1, -0.05) is 19.9 Å². The van der Waals surface area contributed by atoms with E-state index in [-0.39, 0.29) is 11.5 Å². The molecular formula is C18H21FN4OS. The molecule has 0 fully saturated rings. The number of nitriles is 1. The summed E-state index contributed by atoms with van der Waals surface area (Å²) in [6.07, 6.45) is 0.858. The number of carbonyl (C=O) groups is 1. The maximum Gasteiger partial charge on any atom is 0.263 e. The molecule has 1 aromatic heterocycles. The highest BCUT2D eigenvalue weighted by Crippen LogP contribution is 2.20. The second kappa shape index (κ2) is 8.58. The van der Waals surface area contributed by atoms with Crippen LogP contribution in [0.15, 0.2) is 18.2 Å². The number of nitrogens with one attached hydrogen (secondary N) is 2. The Kier molecular flexibility index (Phi) is 6.48. The van der Waals surface area contributed by atoms with Crippen molar-refractivity contribution in [2.45, 2.75) is 27.2 Å². The van der Waals surface area contributed by atoms with E-state index in [0.29, 0.717) is 29.6 Å². The van der Waals surface area contributed by atoms with Crippen molar-refractivity contribution < 1.29 is 9.18 Å². The normalized spacial score (nSPS) is 10.6. The quantitative estimate of drug-likeness (QED) is 0.741. The zero-order valence-electron chi connectivity index (χ0n) is 14.5. The number of hydrogen-bond donors (Lipinski definition) is 2. The summed E-state index contributed by atoms with van der Waals surface area (Å²) in [4.78, 5) is 17.3. The van der Waals surface area contributed by atoms with E-state index in [1.165, 1.54) is 23.5 Å². The summed E-state index contributed by atoms with van der Waals surface area (Å²) >= 11 is 1.42. The Bertz CT molecular complexity index is 795. The van der Waals surface area contributed by atoms with E-state index in [9.17, 15) is 9.18 Å². The molecule has 0 saturated heterocycles. The van der Waals surface area contributed by atoms with Gasteiger partial charge in [-0.3, -0.25) is 4.79 Å². The number of anilines is 1. The number of benzene rings is 1. The average molecular weight is 360 g/mol. The molecule has 2 rings (SSSR count). The van der Waals surface area contributed by atoms with Crippen LogP contribution in [0.25, 0.3) is 0 Å². The van der Waals surface area contributed by atoms with Crippen LogP contribution in [0.4, 0.5) is 10.1 Å². The van der Waals surface area contributed by atoms with E-state index >= 15 is 0 Å². The molecule has 0 unspecified atom stereocenters. The van der Waals surface area contributed by atoms with Crippen LogP contribution in [-0.2, 0) is 6.42 Å². The first-order valence-corrected chi connectivity index (χ1v) is 8.91. The Morgan fingerprint density at radius 1 is 1.40 bits per heavy atom. The van der Waals surface area contributed by atoms with Gasteiger partial charge in [0.05, 0.1) is 16.4 Å². The summed E-state index contributed by atoms with van der Waals surface area (Å²) in [6, 6.07) is 6.25. The lowest BCUT2D eigenvalue weighted by Crippen LogP contribution is -2.28. The summed E-state index contributed by atoms with van der Waals surface area (Å²) in [6.45, 7) is 6.81. The lowest BCUT2D eigenvalue weighted by atomic mass is 10.1. The predicted octanol–water partition coefficient (Wildman–Crippen LogP) is 3.50. The zero-order chi connectivity index (χ0) is 18.4. The minimum Gasteiger partial charge on any atom is -0.382 e. The number of aromatic nitrogens is 1. The second-order valence-electron chi connectivity index (χ2n) is 6.08. The topological polar surface area (TPSA) is 77.8 Å². The van der Waals surface area contributed by atoms with Crippen LogP contribution in [0.5, 0.6) is 0 Å². The number of nitrogens with zero attached hydrogens (tertiary/aromatic N) is 2. The first-order chi connectivity index (χ1) is 11.9. The average Bonchev–Trinajstić information content (AvgIpc) is 2.91. The molecule has 0 aliphatic carbocycles. The highest BCUT2D eigenvalue weighted by atomic mass is 32.1. The van der Waals surface area contributed by atoms with E-state index < -0.39 is 5.82 Å². The first kappa shape index (κ1) is 18.9. The number of aryl methyl sites for hydroxylation is 1. The number of halogens is 1. The molecule has 7 heteroatoms. The molecule has 0 radical (unpaired) electrons. The third kappa shape index (κ3) is 5.00. The van der Waals surface area contributed by atoms with Crippen molar-refractivity contribution in [3.05, 3.63) is 45.2 Å². The Labute approximate surface area is 150 Å². The number of thiazole rings is 1. The molecule has 0 spiro atoms. The van der Waals surface area contributed by atoms with Crippen molar-refractivity contribution >= 4 is 22.9 Å². The summed E-state index contributed by atoms with van der Waals surface area (Å²) < 4.78 is 13.5. The second-order valence-corrected chi connectivity index (χ2v) is 7.16. The zero-order valence-corrected chi connectivity index (χ0v) is 15.3. The number of rotatable bonds is 7. The molecule has 1 heterocycles. The van der Waals surface area contributed by atoms with Crippen LogP contribution in [-0.4, -0.2) is 24.0 Å². The molecule has 0 atom stereocenters. The molecule has 2 aromatic rings. The molecule has 1 aromatic carbocycles. The summed E-state index contributed by atoms with van der Waals surface area (Å²) in [7, 11) is 0. The Balaban J connectivity index is 1.88. The van der Waals surface area contributed by atoms with Gasteiger partial charge in [0.1, 0.15) is 22.3 Å². The van der Waals surface area contributed by atoms with Gasteiger partial charge >= 0.3 is 0 Å². The van der Waals surface area contributed by atoms with Gasteiger partial charge in [-0.2, -0.15) is 5.26 Å². The summed E-state index contributed by atoms with van der Waals surface area (Å²) in [5.74, 6) is -0.229. The largest absolute Gasteiger partial charge is 0.382 e. The Morgan fingerprint density at radius 3 is 2.84 bits per heavy atom. The number of hydrogen-bond acceptors (Lipinski definition) is 5. The minimum absolute atomic E-state index is 0.0227. The molecule has 132 valence electrons. The fourth-order valence-corrected chi connectivity index (χ4v) is 3.53. The maximum absolute atomic E-state index is 13.5. The van der Waals surface area contributed by atoms with Crippen LogP contribution < -0.4 is 10.6 Å². The highest BCUT2D eigenvalue weighted by molar-refractivity contribution is 7.13. The van der Waals surface area contributed by atoms with Gasteiger partial charge in [-0.05, 0) is 25.0 Å². The van der Waals surface area contributed by atoms with E-state index in [4.69, 9.17) is 5.26 Å². The van der Waals surface area contributed by atoms with Crippen molar-refractivity contribution in [2.75, 3.05) is 18.4 Å². The first-order valence-electron chi connectivity index (χ1n) is 8.09. The summed E-state index contributed by atoms with van der Waals surface area (Å²) in [5.41, 5.74) is 1.14. The summed E-state index contributed by atoms with van der Waals surface area (Å²) in [5, 5.41) is 15.7. The van der Waals surface area contributed by atoms with E-state index in [2.05, 4.69) is 29.5 Å². The van der Waals surface area contributed by atoms with Crippen LogP contribution in [0.1, 0.15) is 39.8 Å². The third-order valence-electron chi connectivity index (χ3n) is 3.48. The number of amides is 1. The molecule has 0 saturated carbocycles. The lowest BCUT2D eigenvalue weighted by Gasteiger charge is -2.09. The van der Waals surface area contributed by atoms with E-state index in [0.717, 1.165) is 17.1 Å². The number of carbonyl (C=O) groups excluding carboxylic acids is 1. The van der Waals surface area contributed by atoms with Crippen LogP contribution >= 0.6 is 11.3 Å². The van der Waals surface area contributed by atoms with Crippen LogP contribution in [0, 0.1) is 30.0 Å². The molecule has 5 nitrogen and oxygen atoms in total. The standard InChI is InChI=1S/C18H21FN4OS/c1-11(2)9-16-23-12(3)17(25-16)18(24)22-8-7-21-15-6-4-5-14(19)13(15)10-20/h4-6,11,21H,7-9H2,1-3H3,(H,22,24). The minimum atomic E-state index is -0.561. The van der Waals surface area contributed by atoms with Gasteiger partial charge in [-0.15, -0.1) is 11.3 Å². The Hall–Kier alpha value is -2.46. The predicted molar refractivity (Wildman–Crippen MR) is 97.3 cm³/mol.